The first-order valence-electron chi connectivity index (χ1n) is 6.67. The predicted octanol–water partition coefficient (Wildman–Crippen LogP) is 2.78. The van der Waals surface area contributed by atoms with Crippen LogP contribution in [0.1, 0.15) is 31.2 Å². The molecule has 0 aromatic heterocycles. The zero-order valence-corrected chi connectivity index (χ0v) is 12.9. The molecule has 0 bridgehead atoms. The summed E-state index contributed by atoms with van der Waals surface area (Å²) in [5.74, 6) is -1.42. The molecule has 7 heteroatoms. The van der Waals surface area contributed by atoms with E-state index in [0.29, 0.717) is 22.9 Å². The maximum absolute atomic E-state index is 13.3. The van der Waals surface area contributed by atoms with E-state index in [2.05, 4.69) is 26.6 Å². The Hall–Kier alpha value is -1.63. The second-order valence-electron chi connectivity index (χ2n) is 5.11. The fourth-order valence-corrected chi connectivity index (χ4v) is 2.90. The fraction of sp³-hybridized carbons (Fsp3) is 0.429. The van der Waals surface area contributed by atoms with Gasteiger partial charge in [0.05, 0.1) is 4.47 Å². The van der Waals surface area contributed by atoms with Crippen LogP contribution < -0.4 is 10.6 Å². The van der Waals surface area contributed by atoms with Crippen LogP contribution in [-0.4, -0.2) is 22.6 Å². The van der Waals surface area contributed by atoms with Crippen molar-refractivity contribution in [3.63, 3.8) is 0 Å². The number of carboxylic acids is 1. The van der Waals surface area contributed by atoms with Gasteiger partial charge in [-0.15, -0.1) is 0 Å². The monoisotopic (exact) mass is 358 g/mol. The lowest BCUT2D eigenvalue weighted by Gasteiger charge is -2.25. The first kappa shape index (κ1) is 15.8. The van der Waals surface area contributed by atoms with Crippen LogP contribution in [0.5, 0.6) is 0 Å². The molecule has 1 aromatic rings. The molecule has 21 heavy (non-hydrogen) atoms. The second kappa shape index (κ2) is 6.43. The average molecular weight is 359 g/mol. The normalized spacial score (nSPS) is 16.5. The van der Waals surface area contributed by atoms with E-state index in [4.69, 9.17) is 0 Å². The lowest BCUT2D eigenvalue weighted by Crippen LogP contribution is -2.55. The van der Waals surface area contributed by atoms with Gasteiger partial charge in [0.2, 0.25) is 0 Å². The number of amides is 2. The third-order valence-corrected chi connectivity index (χ3v) is 4.58. The van der Waals surface area contributed by atoms with E-state index in [-0.39, 0.29) is 6.54 Å². The number of carbonyl (C=O) groups excluding carboxylic acids is 1. The Balaban J connectivity index is 1.96. The van der Waals surface area contributed by atoms with E-state index in [1.54, 1.807) is 12.1 Å². The van der Waals surface area contributed by atoms with Gasteiger partial charge in [-0.2, -0.15) is 0 Å². The molecule has 0 unspecified atom stereocenters. The standard InChI is InChI=1S/C14H16BrFN2O3/c15-11-9(4-3-5-10(11)16)8-17-13(21)18-14(12(19)20)6-1-2-7-14/h3-5H,1-2,6-8H2,(H,19,20)(H2,17,18,21). The van der Waals surface area contributed by atoms with Gasteiger partial charge in [-0.25, -0.2) is 14.0 Å². The lowest BCUT2D eigenvalue weighted by atomic mass is 9.98. The summed E-state index contributed by atoms with van der Waals surface area (Å²) in [7, 11) is 0. The summed E-state index contributed by atoms with van der Waals surface area (Å²) in [4.78, 5) is 23.2. The summed E-state index contributed by atoms with van der Waals surface area (Å²) < 4.78 is 13.6. The van der Waals surface area contributed by atoms with Crippen LogP contribution in [0.15, 0.2) is 22.7 Å². The number of carboxylic acid groups (broad SMARTS) is 1. The summed E-state index contributed by atoms with van der Waals surface area (Å²) in [6.07, 6.45) is 2.42. The molecule has 114 valence electrons. The Labute approximate surface area is 130 Å². The van der Waals surface area contributed by atoms with Crippen LogP contribution in [0.3, 0.4) is 0 Å². The van der Waals surface area contributed by atoms with Crippen molar-refractivity contribution in [2.75, 3.05) is 0 Å². The van der Waals surface area contributed by atoms with Gasteiger partial charge < -0.3 is 15.7 Å². The highest BCUT2D eigenvalue weighted by Crippen LogP contribution is 2.29. The van der Waals surface area contributed by atoms with Gasteiger partial charge in [-0.05, 0) is 40.4 Å². The van der Waals surface area contributed by atoms with Gasteiger partial charge >= 0.3 is 12.0 Å². The zero-order valence-electron chi connectivity index (χ0n) is 11.3. The Morgan fingerprint density at radius 1 is 1.33 bits per heavy atom. The molecular formula is C14H16BrFN2O3. The molecule has 2 rings (SSSR count). The maximum Gasteiger partial charge on any atom is 0.329 e. The number of benzene rings is 1. The van der Waals surface area contributed by atoms with Gasteiger partial charge in [0.25, 0.3) is 0 Å². The molecular weight excluding hydrogens is 343 g/mol. The Morgan fingerprint density at radius 2 is 2.00 bits per heavy atom. The van der Waals surface area contributed by atoms with Crippen LogP contribution >= 0.6 is 15.9 Å². The number of halogens is 2. The van der Waals surface area contributed by atoms with Crippen molar-refractivity contribution in [3.05, 3.63) is 34.1 Å². The Bertz CT molecular complexity index is 559. The van der Waals surface area contributed by atoms with E-state index in [9.17, 15) is 19.1 Å². The van der Waals surface area contributed by atoms with E-state index in [0.717, 1.165) is 12.8 Å². The van der Waals surface area contributed by atoms with Crippen molar-refractivity contribution in [2.45, 2.75) is 37.8 Å². The molecule has 1 aliphatic rings. The minimum absolute atomic E-state index is 0.111. The number of hydrogen-bond acceptors (Lipinski definition) is 2. The highest BCUT2D eigenvalue weighted by molar-refractivity contribution is 9.10. The maximum atomic E-state index is 13.3. The first-order valence-corrected chi connectivity index (χ1v) is 7.46. The topological polar surface area (TPSA) is 78.4 Å². The van der Waals surface area contributed by atoms with Crippen LogP contribution in [0.25, 0.3) is 0 Å². The molecule has 0 heterocycles. The summed E-state index contributed by atoms with van der Waals surface area (Å²) in [6, 6.07) is 3.97. The van der Waals surface area contributed by atoms with Gasteiger partial charge in [0.15, 0.2) is 0 Å². The van der Waals surface area contributed by atoms with Crippen molar-refractivity contribution < 1.29 is 19.1 Å². The SMILES string of the molecule is O=C(NCc1cccc(F)c1Br)NC1(C(=O)O)CCCC1. The molecule has 0 saturated heterocycles. The van der Waals surface area contributed by atoms with E-state index in [1.807, 2.05) is 0 Å². The van der Waals surface area contributed by atoms with Gasteiger partial charge in [0, 0.05) is 6.54 Å². The van der Waals surface area contributed by atoms with Crippen molar-refractivity contribution in [2.24, 2.45) is 0 Å². The van der Waals surface area contributed by atoms with E-state index in [1.165, 1.54) is 6.07 Å². The number of aliphatic carboxylic acids is 1. The summed E-state index contributed by atoms with van der Waals surface area (Å²) in [5.41, 5.74) is -0.593. The zero-order chi connectivity index (χ0) is 15.5. The minimum atomic E-state index is -1.18. The molecule has 1 saturated carbocycles. The molecule has 1 aromatic carbocycles. The molecule has 1 fully saturated rings. The highest BCUT2D eigenvalue weighted by atomic mass is 79.9. The first-order chi connectivity index (χ1) is 9.94. The Morgan fingerprint density at radius 3 is 2.62 bits per heavy atom. The number of hydrogen-bond donors (Lipinski definition) is 3. The third kappa shape index (κ3) is 3.53. The number of rotatable bonds is 4. The van der Waals surface area contributed by atoms with E-state index >= 15 is 0 Å². The summed E-state index contributed by atoms with van der Waals surface area (Å²) in [5, 5.41) is 14.4. The van der Waals surface area contributed by atoms with Crippen LogP contribution in [0.2, 0.25) is 0 Å². The largest absolute Gasteiger partial charge is 0.480 e. The van der Waals surface area contributed by atoms with Crippen molar-refractivity contribution in [1.29, 1.82) is 0 Å². The number of urea groups is 1. The molecule has 0 radical (unpaired) electrons. The summed E-state index contributed by atoms with van der Waals surface area (Å²) >= 11 is 3.11. The highest BCUT2D eigenvalue weighted by Gasteiger charge is 2.42. The molecule has 3 N–H and O–H groups in total. The molecule has 0 atom stereocenters. The van der Waals surface area contributed by atoms with Gasteiger partial charge in [-0.3, -0.25) is 0 Å². The van der Waals surface area contributed by atoms with Gasteiger partial charge in [0.1, 0.15) is 11.4 Å². The van der Waals surface area contributed by atoms with Crippen molar-refractivity contribution in [1.82, 2.24) is 10.6 Å². The molecule has 1 aliphatic carbocycles. The predicted molar refractivity (Wildman–Crippen MR) is 78.3 cm³/mol. The summed E-state index contributed by atoms with van der Waals surface area (Å²) in [6.45, 7) is 0.111. The quantitative estimate of drug-likeness (QED) is 0.774. The van der Waals surface area contributed by atoms with Crippen LogP contribution in [0, 0.1) is 5.82 Å². The van der Waals surface area contributed by atoms with Crippen LogP contribution in [-0.2, 0) is 11.3 Å². The Kier molecular flexibility index (Phi) is 4.82. The smallest absolute Gasteiger partial charge is 0.329 e. The molecule has 5 nitrogen and oxygen atoms in total. The number of carbonyl (C=O) groups is 2. The third-order valence-electron chi connectivity index (χ3n) is 3.69. The van der Waals surface area contributed by atoms with Crippen molar-refractivity contribution in [3.8, 4) is 0 Å². The fourth-order valence-electron chi connectivity index (χ4n) is 2.49. The number of nitrogens with one attached hydrogen (secondary N) is 2. The van der Waals surface area contributed by atoms with Crippen molar-refractivity contribution >= 4 is 27.9 Å². The molecule has 0 aliphatic heterocycles. The lowest BCUT2D eigenvalue weighted by molar-refractivity contribution is -0.144. The molecule has 2 amide bonds. The second-order valence-corrected chi connectivity index (χ2v) is 5.91. The minimum Gasteiger partial charge on any atom is -0.480 e. The molecule has 0 spiro atoms. The van der Waals surface area contributed by atoms with Crippen LogP contribution in [0.4, 0.5) is 9.18 Å². The average Bonchev–Trinajstić information content (AvgIpc) is 2.90. The van der Waals surface area contributed by atoms with Gasteiger partial charge in [-0.1, -0.05) is 25.0 Å². The van der Waals surface area contributed by atoms with E-state index < -0.39 is 23.4 Å².